The van der Waals surface area contributed by atoms with Gasteiger partial charge in [0.1, 0.15) is 0 Å². The normalized spacial score (nSPS) is 15.0. The first kappa shape index (κ1) is 19.6. The summed E-state index contributed by atoms with van der Waals surface area (Å²) in [6, 6.07) is 12.6. The first-order chi connectivity index (χ1) is 11.8. The number of hydrogen-bond acceptors (Lipinski definition) is 3. The zero-order chi connectivity index (χ0) is 16.8. The lowest BCUT2D eigenvalue weighted by atomic mass is 10.2. The molecule has 1 N–H and O–H groups in total. The van der Waals surface area contributed by atoms with E-state index >= 15 is 0 Å². The van der Waals surface area contributed by atoms with Crippen molar-refractivity contribution in [3.63, 3.8) is 0 Å². The van der Waals surface area contributed by atoms with E-state index in [4.69, 9.17) is 4.99 Å². The maximum Gasteiger partial charge on any atom is 0.194 e. The Balaban J connectivity index is 0.00000225. The Kier molecular flexibility index (Phi) is 7.54. The summed E-state index contributed by atoms with van der Waals surface area (Å²) in [6.07, 6.45) is 1.82. The minimum absolute atomic E-state index is 0. The smallest absolute Gasteiger partial charge is 0.194 e. The molecule has 25 heavy (non-hydrogen) atoms. The van der Waals surface area contributed by atoms with Crippen LogP contribution in [0.5, 0.6) is 0 Å². The molecule has 1 saturated heterocycles. The van der Waals surface area contributed by atoms with E-state index in [1.54, 1.807) is 0 Å². The molecule has 1 aromatic heterocycles. The number of piperazine rings is 1. The quantitative estimate of drug-likeness (QED) is 0.438. The van der Waals surface area contributed by atoms with Crippen molar-refractivity contribution in [2.75, 3.05) is 37.6 Å². The van der Waals surface area contributed by atoms with Gasteiger partial charge in [-0.1, -0.05) is 18.2 Å². The number of aryl methyl sites for hydroxylation is 1. The van der Waals surface area contributed by atoms with Gasteiger partial charge in [-0.2, -0.15) is 5.10 Å². The third kappa shape index (κ3) is 5.10. The Morgan fingerprint density at radius 3 is 2.44 bits per heavy atom. The lowest BCUT2D eigenvalue weighted by Crippen LogP contribution is -2.52. The molecule has 1 fully saturated rings. The average molecular weight is 454 g/mol. The summed E-state index contributed by atoms with van der Waals surface area (Å²) in [5.74, 6) is 0.992. The van der Waals surface area contributed by atoms with Crippen LogP contribution < -0.4 is 10.2 Å². The van der Waals surface area contributed by atoms with Gasteiger partial charge < -0.3 is 15.1 Å². The van der Waals surface area contributed by atoms with Crippen LogP contribution in [0.4, 0.5) is 5.69 Å². The molecule has 1 aromatic carbocycles. The highest BCUT2D eigenvalue weighted by molar-refractivity contribution is 14.0. The number of nitrogens with zero attached hydrogens (tertiary/aromatic N) is 5. The van der Waals surface area contributed by atoms with Gasteiger partial charge in [-0.05, 0) is 25.1 Å². The Bertz CT molecular complexity index is 661. The van der Waals surface area contributed by atoms with Crippen molar-refractivity contribution in [1.82, 2.24) is 20.0 Å². The summed E-state index contributed by atoms with van der Waals surface area (Å²) >= 11 is 0. The third-order valence-electron chi connectivity index (χ3n) is 4.35. The van der Waals surface area contributed by atoms with Crippen LogP contribution in [0.2, 0.25) is 0 Å². The summed E-state index contributed by atoms with van der Waals surface area (Å²) in [5, 5.41) is 7.62. The van der Waals surface area contributed by atoms with Crippen LogP contribution in [0.3, 0.4) is 0 Å². The third-order valence-corrected chi connectivity index (χ3v) is 4.35. The predicted molar refractivity (Wildman–Crippen MR) is 114 cm³/mol. The molecule has 7 heteroatoms. The zero-order valence-corrected chi connectivity index (χ0v) is 17.3. The number of hydrogen-bond donors (Lipinski definition) is 1. The standard InChI is InChI=1S/C18H26N6.HI/c1-3-19-18(20-15-17-9-10-21-22(17)2)24-13-11-23(12-14-24)16-7-5-4-6-8-16;/h4-10H,3,11-15H2,1-2H3,(H,19,20);1H. The molecule has 0 radical (unpaired) electrons. The minimum atomic E-state index is 0. The number of rotatable bonds is 4. The van der Waals surface area contributed by atoms with Gasteiger partial charge in [-0.3, -0.25) is 4.68 Å². The molecule has 0 saturated carbocycles. The molecule has 0 aliphatic carbocycles. The second kappa shape index (κ2) is 9.65. The molecule has 0 bridgehead atoms. The molecule has 1 aliphatic rings. The van der Waals surface area contributed by atoms with Crippen molar-refractivity contribution in [3.8, 4) is 0 Å². The van der Waals surface area contributed by atoms with E-state index in [2.05, 4.69) is 57.5 Å². The van der Waals surface area contributed by atoms with E-state index in [0.29, 0.717) is 6.54 Å². The van der Waals surface area contributed by atoms with Crippen molar-refractivity contribution in [2.24, 2.45) is 12.0 Å². The monoisotopic (exact) mass is 454 g/mol. The lowest BCUT2D eigenvalue weighted by Gasteiger charge is -2.37. The fourth-order valence-electron chi connectivity index (χ4n) is 2.95. The minimum Gasteiger partial charge on any atom is -0.368 e. The number of para-hydroxylation sites is 1. The number of anilines is 1. The Hall–Kier alpha value is -1.77. The van der Waals surface area contributed by atoms with Crippen molar-refractivity contribution >= 4 is 35.6 Å². The molecule has 0 amide bonds. The van der Waals surface area contributed by atoms with Crippen molar-refractivity contribution in [3.05, 3.63) is 48.3 Å². The predicted octanol–water partition coefficient (Wildman–Crippen LogP) is 2.33. The van der Waals surface area contributed by atoms with Crippen molar-refractivity contribution in [2.45, 2.75) is 13.5 Å². The van der Waals surface area contributed by atoms with Crippen LogP contribution in [0.25, 0.3) is 0 Å². The van der Waals surface area contributed by atoms with E-state index in [0.717, 1.165) is 44.4 Å². The second-order valence-corrected chi connectivity index (χ2v) is 5.93. The maximum atomic E-state index is 4.79. The Morgan fingerprint density at radius 2 is 1.84 bits per heavy atom. The molecular formula is C18H27IN6. The van der Waals surface area contributed by atoms with Gasteiger partial charge in [0.15, 0.2) is 5.96 Å². The topological polar surface area (TPSA) is 48.7 Å². The SMILES string of the molecule is CCNC(=NCc1ccnn1C)N1CCN(c2ccccc2)CC1.I. The maximum absolute atomic E-state index is 4.79. The van der Waals surface area contributed by atoms with Crippen molar-refractivity contribution < 1.29 is 0 Å². The number of guanidine groups is 1. The highest BCUT2D eigenvalue weighted by atomic mass is 127. The molecule has 3 rings (SSSR count). The lowest BCUT2D eigenvalue weighted by molar-refractivity contribution is 0.372. The number of halogens is 1. The first-order valence-corrected chi connectivity index (χ1v) is 8.58. The Labute approximate surface area is 166 Å². The molecule has 2 aromatic rings. The number of benzene rings is 1. The molecule has 136 valence electrons. The Morgan fingerprint density at radius 1 is 1.12 bits per heavy atom. The summed E-state index contributed by atoms with van der Waals surface area (Å²) in [5.41, 5.74) is 2.42. The highest BCUT2D eigenvalue weighted by Crippen LogP contribution is 2.15. The largest absolute Gasteiger partial charge is 0.368 e. The van der Waals surface area contributed by atoms with E-state index in [1.165, 1.54) is 5.69 Å². The number of nitrogens with one attached hydrogen (secondary N) is 1. The number of aromatic nitrogens is 2. The van der Waals surface area contributed by atoms with Crippen LogP contribution in [0, 0.1) is 0 Å². The summed E-state index contributed by atoms with van der Waals surface area (Å²) < 4.78 is 1.88. The molecular weight excluding hydrogens is 427 g/mol. The van der Waals surface area contributed by atoms with Crippen LogP contribution in [-0.4, -0.2) is 53.4 Å². The van der Waals surface area contributed by atoms with Crippen LogP contribution in [-0.2, 0) is 13.6 Å². The summed E-state index contributed by atoms with van der Waals surface area (Å²) in [4.78, 5) is 9.57. The van der Waals surface area contributed by atoms with Gasteiger partial charge in [0.05, 0.1) is 12.2 Å². The van der Waals surface area contributed by atoms with Crippen LogP contribution >= 0.6 is 24.0 Å². The van der Waals surface area contributed by atoms with Gasteiger partial charge in [0, 0.05) is 51.7 Å². The van der Waals surface area contributed by atoms with E-state index in [1.807, 2.05) is 24.0 Å². The fourth-order valence-corrected chi connectivity index (χ4v) is 2.95. The van der Waals surface area contributed by atoms with Gasteiger partial charge in [-0.15, -0.1) is 24.0 Å². The summed E-state index contributed by atoms with van der Waals surface area (Å²) in [6.45, 7) is 7.62. The molecule has 1 aliphatic heterocycles. The fraction of sp³-hybridized carbons (Fsp3) is 0.444. The highest BCUT2D eigenvalue weighted by Gasteiger charge is 2.19. The first-order valence-electron chi connectivity index (χ1n) is 8.58. The van der Waals surface area contributed by atoms with Gasteiger partial charge in [-0.25, -0.2) is 4.99 Å². The zero-order valence-electron chi connectivity index (χ0n) is 14.9. The van der Waals surface area contributed by atoms with E-state index in [9.17, 15) is 0 Å². The van der Waals surface area contributed by atoms with Crippen molar-refractivity contribution in [1.29, 1.82) is 0 Å². The molecule has 0 spiro atoms. The molecule has 6 nitrogen and oxygen atoms in total. The average Bonchev–Trinajstić information content (AvgIpc) is 3.04. The molecule has 0 unspecified atom stereocenters. The molecule has 0 atom stereocenters. The second-order valence-electron chi connectivity index (χ2n) is 5.93. The van der Waals surface area contributed by atoms with Crippen LogP contribution in [0.1, 0.15) is 12.6 Å². The van der Waals surface area contributed by atoms with Crippen LogP contribution in [0.15, 0.2) is 47.6 Å². The van der Waals surface area contributed by atoms with Gasteiger partial charge in [0.2, 0.25) is 0 Å². The van der Waals surface area contributed by atoms with E-state index in [-0.39, 0.29) is 24.0 Å². The number of aliphatic imine (C=N–C) groups is 1. The summed E-state index contributed by atoms with van der Waals surface area (Å²) in [7, 11) is 1.95. The molecule has 2 heterocycles. The van der Waals surface area contributed by atoms with E-state index < -0.39 is 0 Å². The van der Waals surface area contributed by atoms with Gasteiger partial charge in [0.25, 0.3) is 0 Å². The van der Waals surface area contributed by atoms with Gasteiger partial charge >= 0.3 is 0 Å².